The Morgan fingerprint density at radius 1 is 1.21 bits per heavy atom. The molecule has 0 spiro atoms. The van der Waals surface area contributed by atoms with E-state index in [4.69, 9.17) is 10.2 Å². The van der Waals surface area contributed by atoms with Crippen LogP contribution in [-0.2, 0) is 0 Å². The lowest BCUT2D eigenvalue weighted by atomic mass is 9.83. The molecule has 3 nitrogen and oxygen atoms in total. The maximum atomic E-state index is 5.79. The molecule has 2 aromatic rings. The van der Waals surface area contributed by atoms with Crippen molar-refractivity contribution >= 4 is 28.5 Å². The van der Waals surface area contributed by atoms with Crippen molar-refractivity contribution in [1.82, 2.24) is 4.98 Å². The van der Waals surface area contributed by atoms with E-state index in [1.807, 2.05) is 18.2 Å². The third-order valence-corrected chi connectivity index (χ3v) is 4.89. The third kappa shape index (κ3) is 2.89. The summed E-state index contributed by atoms with van der Waals surface area (Å²) in [6, 6.07) is 5.63. The molecular weight excluding hydrogens is 256 g/mol. The van der Waals surface area contributed by atoms with Crippen LogP contribution in [0.2, 0.25) is 0 Å². The van der Waals surface area contributed by atoms with Gasteiger partial charge in [-0.1, -0.05) is 25.6 Å². The Morgan fingerprint density at radius 2 is 1.95 bits per heavy atom. The number of anilines is 1. The zero-order valence-corrected chi connectivity index (χ0v) is 12.2. The second-order valence-electron chi connectivity index (χ2n) is 5.86. The van der Waals surface area contributed by atoms with E-state index in [0.717, 1.165) is 33.8 Å². The first kappa shape index (κ1) is 12.9. The lowest BCUT2D eigenvalue weighted by Gasteiger charge is -2.30. The van der Waals surface area contributed by atoms with Crippen molar-refractivity contribution in [3.05, 3.63) is 18.2 Å². The number of nitrogens with zero attached hydrogens (tertiary/aromatic N) is 1. The Kier molecular flexibility index (Phi) is 3.44. The van der Waals surface area contributed by atoms with Crippen LogP contribution in [0.4, 0.5) is 5.69 Å². The van der Waals surface area contributed by atoms with Crippen molar-refractivity contribution < 1.29 is 4.42 Å². The smallest absolute Gasteiger partial charge is 0.257 e. The molecule has 1 aromatic carbocycles. The number of oxazole rings is 1. The van der Waals surface area contributed by atoms with Gasteiger partial charge >= 0.3 is 0 Å². The summed E-state index contributed by atoms with van der Waals surface area (Å²) >= 11 is 1.79. The number of benzene rings is 1. The van der Waals surface area contributed by atoms with Crippen molar-refractivity contribution in [3.8, 4) is 0 Å². The first-order valence-corrected chi connectivity index (χ1v) is 7.81. The van der Waals surface area contributed by atoms with Crippen LogP contribution in [0.1, 0.15) is 33.1 Å². The number of rotatable bonds is 2. The predicted octanol–water partition coefficient (Wildman–Crippen LogP) is 4.33. The largest absolute Gasteiger partial charge is 0.431 e. The zero-order chi connectivity index (χ0) is 13.4. The molecule has 1 aromatic heterocycles. The number of fused-ring (bicyclic) bond motifs is 1. The lowest BCUT2D eigenvalue weighted by molar-refractivity contribution is 0.307. The average molecular weight is 276 g/mol. The molecule has 1 aliphatic carbocycles. The van der Waals surface area contributed by atoms with E-state index in [0.29, 0.717) is 5.25 Å². The summed E-state index contributed by atoms with van der Waals surface area (Å²) in [6.07, 6.45) is 3.87. The monoisotopic (exact) mass is 276 g/mol. The molecule has 102 valence electrons. The number of hydrogen-bond donors (Lipinski definition) is 1. The minimum absolute atomic E-state index is 0.629. The molecule has 0 saturated heterocycles. The Bertz CT molecular complexity index is 571. The normalized spacial score (nSPS) is 27.8. The number of nitrogen functional groups attached to an aromatic ring is 1. The van der Waals surface area contributed by atoms with E-state index in [1.165, 1.54) is 19.3 Å². The topological polar surface area (TPSA) is 52.0 Å². The van der Waals surface area contributed by atoms with Crippen LogP contribution in [0.3, 0.4) is 0 Å². The Balaban J connectivity index is 1.77. The van der Waals surface area contributed by atoms with Crippen molar-refractivity contribution in [2.24, 2.45) is 11.8 Å². The minimum Gasteiger partial charge on any atom is -0.431 e. The number of hydrogen-bond acceptors (Lipinski definition) is 4. The summed E-state index contributed by atoms with van der Waals surface area (Å²) < 4.78 is 5.79. The summed E-state index contributed by atoms with van der Waals surface area (Å²) in [5.74, 6) is 1.61. The fourth-order valence-corrected chi connectivity index (χ4v) is 4.51. The molecule has 1 heterocycles. The molecule has 2 unspecified atom stereocenters. The molecule has 0 aliphatic heterocycles. The highest BCUT2D eigenvalue weighted by Gasteiger charge is 2.26. The van der Waals surface area contributed by atoms with Gasteiger partial charge < -0.3 is 10.2 Å². The van der Waals surface area contributed by atoms with Crippen LogP contribution in [0, 0.1) is 11.8 Å². The van der Waals surface area contributed by atoms with Crippen molar-refractivity contribution in [2.45, 2.75) is 43.6 Å². The molecule has 3 rings (SSSR count). The van der Waals surface area contributed by atoms with Crippen molar-refractivity contribution in [1.29, 1.82) is 0 Å². The molecule has 0 amide bonds. The van der Waals surface area contributed by atoms with Crippen LogP contribution in [0.15, 0.2) is 27.8 Å². The Labute approximate surface area is 118 Å². The highest BCUT2D eigenvalue weighted by molar-refractivity contribution is 7.99. The van der Waals surface area contributed by atoms with Gasteiger partial charge in [-0.15, -0.1) is 0 Å². The van der Waals surface area contributed by atoms with Crippen molar-refractivity contribution in [3.63, 3.8) is 0 Å². The van der Waals surface area contributed by atoms with Crippen molar-refractivity contribution in [2.75, 3.05) is 5.73 Å². The molecule has 1 aliphatic rings. The van der Waals surface area contributed by atoms with E-state index < -0.39 is 0 Å². The Morgan fingerprint density at radius 3 is 2.68 bits per heavy atom. The van der Waals surface area contributed by atoms with Gasteiger partial charge in [0.2, 0.25) is 0 Å². The van der Waals surface area contributed by atoms with E-state index in [-0.39, 0.29) is 0 Å². The van der Waals surface area contributed by atoms with Gasteiger partial charge in [0.1, 0.15) is 5.52 Å². The molecule has 1 saturated carbocycles. The van der Waals surface area contributed by atoms with E-state index >= 15 is 0 Å². The maximum Gasteiger partial charge on any atom is 0.257 e. The summed E-state index contributed by atoms with van der Waals surface area (Å²) in [6.45, 7) is 4.69. The van der Waals surface area contributed by atoms with Gasteiger partial charge in [0, 0.05) is 17.0 Å². The van der Waals surface area contributed by atoms with E-state index in [1.54, 1.807) is 11.8 Å². The average Bonchev–Trinajstić information content (AvgIpc) is 2.68. The molecule has 4 heteroatoms. The van der Waals surface area contributed by atoms with Gasteiger partial charge in [-0.25, -0.2) is 4.98 Å². The number of thioether (sulfide) groups is 1. The summed E-state index contributed by atoms with van der Waals surface area (Å²) in [4.78, 5) is 4.54. The maximum absolute atomic E-state index is 5.79. The highest BCUT2D eigenvalue weighted by atomic mass is 32.2. The molecule has 0 bridgehead atoms. The van der Waals surface area contributed by atoms with E-state index in [9.17, 15) is 0 Å². The first-order valence-electron chi connectivity index (χ1n) is 6.93. The fourth-order valence-electron chi connectivity index (χ4n) is 3.08. The lowest BCUT2D eigenvalue weighted by Crippen LogP contribution is -2.21. The van der Waals surface area contributed by atoms with Crippen LogP contribution >= 0.6 is 11.8 Å². The fraction of sp³-hybridized carbons (Fsp3) is 0.533. The minimum atomic E-state index is 0.629. The van der Waals surface area contributed by atoms with Gasteiger partial charge in [0.15, 0.2) is 5.58 Å². The Hall–Kier alpha value is -1.16. The number of nitrogens with two attached hydrogens (primary N) is 1. The molecule has 2 N–H and O–H groups in total. The molecule has 19 heavy (non-hydrogen) atoms. The molecular formula is C15H20N2OS. The quantitative estimate of drug-likeness (QED) is 0.830. The second-order valence-corrected chi connectivity index (χ2v) is 7.12. The van der Waals surface area contributed by atoms with Crippen LogP contribution in [0.25, 0.3) is 11.1 Å². The van der Waals surface area contributed by atoms with Crippen LogP contribution < -0.4 is 5.73 Å². The highest BCUT2D eigenvalue weighted by Crippen LogP contribution is 2.39. The van der Waals surface area contributed by atoms with Crippen LogP contribution in [-0.4, -0.2) is 10.2 Å². The molecule has 2 atom stereocenters. The summed E-state index contributed by atoms with van der Waals surface area (Å²) in [5, 5.41) is 1.41. The predicted molar refractivity (Wildman–Crippen MR) is 80.2 cm³/mol. The van der Waals surface area contributed by atoms with Gasteiger partial charge in [0.25, 0.3) is 5.22 Å². The standard InChI is InChI=1S/C15H20N2OS/c1-9-5-10(2)7-12(6-9)19-15-17-13-4-3-11(16)8-14(13)18-15/h3-4,8-10,12H,5-7,16H2,1-2H3. The SMILES string of the molecule is CC1CC(C)CC(Sc2nc3ccc(N)cc3o2)C1. The molecule has 0 radical (unpaired) electrons. The van der Waals surface area contributed by atoms with Gasteiger partial charge in [-0.3, -0.25) is 0 Å². The summed E-state index contributed by atoms with van der Waals surface area (Å²) in [5.41, 5.74) is 8.17. The van der Waals surface area contributed by atoms with Gasteiger partial charge in [-0.2, -0.15) is 0 Å². The van der Waals surface area contributed by atoms with Crippen LogP contribution in [0.5, 0.6) is 0 Å². The van der Waals surface area contributed by atoms with E-state index in [2.05, 4.69) is 18.8 Å². The van der Waals surface area contributed by atoms with Gasteiger partial charge in [-0.05, 0) is 43.2 Å². The molecule has 1 fully saturated rings. The van der Waals surface area contributed by atoms with Gasteiger partial charge in [0.05, 0.1) is 0 Å². The zero-order valence-electron chi connectivity index (χ0n) is 11.4. The summed E-state index contributed by atoms with van der Waals surface area (Å²) in [7, 11) is 0. The third-order valence-electron chi connectivity index (χ3n) is 3.80. The first-order chi connectivity index (χ1) is 9.10. The number of aromatic nitrogens is 1. The second kappa shape index (κ2) is 5.08.